The lowest BCUT2D eigenvalue weighted by Gasteiger charge is -2.18. The molecule has 0 aliphatic carbocycles. The summed E-state index contributed by atoms with van der Waals surface area (Å²) in [6, 6.07) is 7.01. The predicted molar refractivity (Wildman–Crippen MR) is 98.9 cm³/mol. The van der Waals surface area contributed by atoms with E-state index in [9.17, 15) is 14.9 Å². The summed E-state index contributed by atoms with van der Waals surface area (Å²) in [5.41, 5.74) is 2.40. The molecule has 1 unspecified atom stereocenters. The molecule has 0 radical (unpaired) electrons. The topological polar surface area (TPSA) is 88.4 Å². The van der Waals surface area contributed by atoms with Crippen molar-refractivity contribution in [1.29, 1.82) is 0 Å². The van der Waals surface area contributed by atoms with Gasteiger partial charge in [-0.15, -0.1) is 0 Å². The van der Waals surface area contributed by atoms with E-state index in [1.54, 1.807) is 17.9 Å². The number of halogens is 1. The van der Waals surface area contributed by atoms with E-state index >= 15 is 0 Å². The molecule has 1 aliphatic heterocycles. The number of carbonyl (C=O) groups is 1. The van der Waals surface area contributed by atoms with Crippen molar-refractivity contribution in [3.05, 3.63) is 56.2 Å². The third-order valence-corrected chi connectivity index (χ3v) is 5.15. The molecule has 1 aromatic carbocycles. The molecule has 8 heteroatoms. The van der Waals surface area contributed by atoms with Gasteiger partial charge in [0.2, 0.25) is 5.91 Å². The Hall–Kier alpha value is -2.48. The van der Waals surface area contributed by atoms with Crippen molar-refractivity contribution in [2.24, 2.45) is 0 Å². The van der Waals surface area contributed by atoms with Gasteiger partial charge in [0.05, 0.1) is 4.92 Å². The maximum atomic E-state index is 12.7. The van der Waals surface area contributed by atoms with Crippen LogP contribution in [0, 0.1) is 24.0 Å². The number of pyridine rings is 1. The molecule has 1 saturated heterocycles. The van der Waals surface area contributed by atoms with Crippen LogP contribution in [0.1, 0.15) is 17.5 Å². The van der Waals surface area contributed by atoms with Crippen molar-refractivity contribution in [2.45, 2.75) is 26.3 Å². The highest BCUT2D eigenvalue weighted by molar-refractivity contribution is 9.10. The lowest BCUT2D eigenvalue weighted by molar-refractivity contribution is -0.385. The van der Waals surface area contributed by atoms with Gasteiger partial charge < -0.3 is 10.2 Å². The number of aryl methyl sites for hydroxylation is 2. The van der Waals surface area contributed by atoms with Gasteiger partial charge in [0.25, 0.3) is 5.69 Å². The van der Waals surface area contributed by atoms with Crippen molar-refractivity contribution in [3.8, 4) is 0 Å². The molecule has 7 nitrogen and oxygen atoms in total. The van der Waals surface area contributed by atoms with Gasteiger partial charge in [-0.1, -0.05) is 15.9 Å². The Bertz CT molecular complexity index is 856. The maximum Gasteiger partial charge on any atom is 0.290 e. The number of hydrogen-bond acceptors (Lipinski definition) is 5. The minimum atomic E-state index is -0.468. The molecule has 1 aliphatic rings. The first-order chi connectivity index (χ1) is 11.9. The summed E-state index contributed by atoms with van der Waals surface area (Å²) in [7, 11) is 0. The first-order valence-electron chi connectivity index (χ1n) is 7.82. The summed E-state index contributed by atoms with van der Waals surface area (Å²) in [5, 5.41) is 14.0. The molecule has 1 amide bonds. The van der Waals surface area contributed by atoms with Crippen LogP contribution < -0.4 is 10.2 Å². The lowest BCUT2D eigenvalue weighted by Crippen LogP contribution is -2.33. The van der Waals surface area contributed by atoms with Gasteiger partial charge >= 0.3 is 0 Å². The highest BCUT2D eigenvalue weighted by atomic mass is 79.9. The van der Waals surface area contributed by atoms with Crippen LogP contribution in [0.3, 0.4) is 0 Å². The number of carbonyl (C=O) groups excluding carboxylic acids is 1. The highest BCUT2D eigenvalue weighted by Crippen LogP contribution is 2.28. The van der Waals surface area contributed by atoms with Crippen LogP contribution in [0.5, 0.6) is 0 Å². The molecule has 0 bridgehead atoms. The predicted octanol–water partition coefficient (Wildman–Crippen LogP) is 3.59. The summed E-state index contributed by atoms with van der Waals surface area (Å²) in [4.78, 5) is 28.9. The number of amides is 1. The van der Waals surface area contributed by atoms with E-state index in [2.05, 4.69) is 26.2 Å². The summed E-state index contributed by atoms with van der Waals surface area (Å²) in [5.74, 6) is 0.440. The minimum Gasteiger partial charge on any atom is -0.358 e. The molecule has 2 aromatic rings. The van der Waals surface area contributed by atoms with Crippen LogP contribution in [0.25, 0.3) is 0 Å². The molecule has 1 fully saturated rings. The second-order valence-electron chi connectivity index (χ2n) is 6.02. The molecule has 1 N–H and O–H groups in total. The number of anilines is 2. The Kier molecular flexibility index (Phi) is 4.71. The van der Waals surface area contributed by atoms with E-state index in [4.69, 9.17) is 0 Å². The molecule has 2 heterocycles. The van der Waals surface area contributed by atoms with Crippen LogP contribution in [-0.2, 0) is 4.79 Å². The zero-order valence-corrected chi connectivity index (χ0v) is 15.4. The lowest BCUT2D eigenvalue weighted by atomic mass is 10.2. The average molecular weight is 405 g/mol. The fourth-order valence-corrected chi connectivity index (χ4v) is 3.11. The molecule has 1 atom stereocenters. The Morgan fingerprint density at radius 2 is 2.08 bits per heavy atom. The van der Waals surface area contributed by atoms with Gasteiger partial charge in [-0.3, -0.25) is 14.9 Å². The number of aromatic nitrogens is 1. The van der Waals surface area contributed by atoms with Crippen LogP contribution >= 0.6 is 15.9 Å². The summed E-state index contributed by atoms with van der Waals surface area (Å²) < 4.78 is 1.00. The van der Waals surface area contributed by atoms with Crippen molar-refractivity contribution in [3.63, 3.8) is 0 Å². The zero-order valence-electron chi connectivity index (χ0n) is 13.8. The standard InChI is InChI=1S/C17H17BrN4O3/c1-10-7-12(3-4-13(10)18)21-6-5-14(17(21)23)20-16-8-11(2)15(9-19-16)22(24)25/h3-4,7-9,14H,5-6H2,1-2H3,(H,19,20). The van der Waals surface area contributed by atoms with E-state index in [-0.39, 0.29) is 11.6 Å². The highest BCUT2D eigenvalue weighted by Gasteiger charge is 2.33. The number of nitrogens with zero attached hydrogens (tertiary/aromatic N) is 3. The summed E-state index contributed by atoms with van der Waals surface area (Å²) in [6.07, 6.45) is 1.86. The van der Waals surface area contributed by atoms with Gasteiger partial charge in [-0.05, 0) is 50.1 Å². The summed E-state index contributed by atoms with van der Waals surface area (Å²) >= 11 is 3.46. The Morgan fingerprint density at radius 3 is 2.72 bits per heavy atom. The number of nitro groups is 1. The van der Waals surface area contributed by atoms with E-state index in [1.165, 1.54) is 6.20 Å². The van der Waals surface area contributed by atoms with Crippen molar-refractivity contribution in [2.75, 3.05) is 16.8 Å². The van der Waals surface area contributed by atoms with E-state index < -0.39 is 11.0 Å². The SMILES string of the molecule is Cc1cc(N2CCC(Nc3cc(C)c([N+](=O)[O-])cn3)C2=O)ccc1Br. The third kappa shape index (κ3) is 3.48. The summed E-state index contributed by atoms with van der Waals surface area (Å²) in [6.45, 7) is 4.25. The molecule has 1 aromatic heterocycles. The maximum absolute atomic E-state index is 12.7. The zero-order chi connectivity index (χ0) is 18.1. The van der Waals surface area contributed by atoms with Crippen LogP contribution in [0.15, 0.2) is 34.9 Å². The van der Waals surface area contributed by atoms with Crippen LogP contribution in [-0.4, -0.2) is 28.4 Å². The molecule has 130 valence electrons. The molecule has 0 spiro atoms. The fraction of sp³-hybridized carbons (Fsp3) is 0.294. The second kappa shape index (κ2) is 6.79. The van der Waals surface area contributed by atoms with Gasteiger partial charge in [0.15, 0.2) is 0 Å². The minimum absolute atomic E-state index is 0.0282. The molecular weight excluding hydrogens is 388 g/mol. The van der Waals surface area contributed by atoms with E-state index in [0.717, 1.165) is 15.7 Å². The van der Waals surface area contributed by atoms with Crippen molar-refractivity contribution >= 4 is 39.0 Å². The average Bonchev–Trinajstić information content (AvgIpc) is 2.91. The molecule has 25 heavy (non-hydrogen) atoms. The molecule has 0 saturated carbocycles. The van der Waals surface area contributed by atoms with Crippen molar-refractivity contribution < 1.29 is 9.72 Å². The number of benzene rings is 1. The normalized spacial score (nSPS) is 17.0. The number of hydrogen-bond donors (Lipinski definition) is 1. The Balaban J connectivity index is 1.75. The van der Waals surface area contributed by atoms with Crippen LogP contribution in [0.4, 0.5) is 17.2 Å². The van der Waals surface area contributed by atoms with Crippen molar-refractivity contribution in [1.82, 2.24) is 4.98 Å². The number of rotatable bonds is 4. The van der Waals surface area contributed by atoms with Gasteiger partial charge in [0, 0.05) is 22.3 Å². The monoisotopic (exact) mass is 404 g/mol. The molecular formula is C17H17BrN4O3. The largest absolute Gasteiger partial charge is 0.358 e. The first-order valence-corrected chi connectivity index (χ1v) is 8.61. The quantitative estimate of drug-likeness (QED) is 0.621. The van der Waals surface area contributed by atoms with Gasteiger partial charge in [-0.25, -0.2) is 4.98 Å². The van der Waals surface area contributed by atoms with Gasteiger partial charge in [-0.2, -0.15) is 0 Å². The second-order valence-corrected chi connectivity index (χ2v) is 6.88. The fourth-order valence-electron chi connectivity index (χ4n) is 2.86. The van der Waals surface area contributed by atoms with E-state index in [0.29, 0.717) is 24.3 Å². The number of nitrogens with one attached hydrogen (secondary N) is 1. The first kappa shape index (κ1) is 17.3. The third-order valence-electron chi connectivity index (χ3n) is 4.26. The smallest absolute Gasteiger partial charge is 0.290 e. The van der Waals surface area contributed by atoms with Crippen LogP contribution in [0.2, 0.25) is 0 Å². The Morgan fingerprint density at radius 1 is 1.32 bits per heavy atom. The van der Waals surface area contributed by atoms with Gasteiger partial charge in [0.1, 0.15) is 18.1 Å². The van der Waals surface area contributed by atoms with E-state index in [1.807, 2.05) is 25.1 Å². The molecule has 3 rings (SSSR count). The Labute approximate surface area is 153 Å².